The first-order valence-corrected chi connectivity index (χ1v) is 9.20. The van der Waals surface area contributed by atoms with E-state index in [4.69, 9.17) is 14.8 Å². The molecule has 1 aromatic rings. The number of nitriles is 1. The van der Waals surface area contributed by atoms with Gasteiger partial charge in [0, 0.05) is 6.42 Å². The number of amides is 3. The van der Waals surface area contributed by atoms with Crippen molar-refractivity contribution in [2.45, 2.75) is 58.1 Å². The zero-order chi connectivity index (χ0) is 21.6. The maximum atomic E-state index is 12.6. The number of benzene rings is 1. The maximum absolute atomic E-state index is 12.6. The topological polar surface area (TPSA) is 126 Å². The molecule has 1 heterocycles. The molecule has 0 saturated heterocycles. The van der Waals surface area contributed by atoms with Crippen molar-refractivity contribution in [3.8, 4) is 6.07 Å². The monoisotopic (exact) mass is 401 g/mol. The Morgan fingerprint density at radius 1 is 1.14 bits per heavy atom. The Morgan fingerprint density at radius 2 is 1.72 bits per heavy atom. The third-order valence-corrected chi connectivity index (χ3v) is 3.94. The average molecular weight is 401 g/mol. The summed E-state index contributed by atoms with van der Waals surface area (Å²) in [5, 5.41) is 11.4. The summed E-state index contributed by atoms with van der Waals surface area (Å²) in [6.07, 6.45) is 0.589. The van der Waals surface area contributed by atoms with Crippen LogP contribution in [0.3, 0.4) is 0 Å². The van der Waals surface area contributed by atoms with Crippen molar-refractivity contribution in [1.29, 1.82) is 5.26 Å². The van der Waals surface area contributed by atoms with Crippen LogP contribution in [0.1, 0.15) is 67.2 Å². The van der Waals surface area contributed by atoms with Gasteiger partial charge in [-0.1, -0.05) is 17.2 Å². The normalized spacial score (nSPS) is 14.1. The molecule has 0 radical (unpaired) electrons. The zero-order valence-corrected chi connectivity index (χ0v) is 16.6. The van der Waals surface area contributed by atoms with E-state index in [2.05, 4.69) is 5.32 Å². The SMILES string of the molecule is CC(C)(C)OC(=O)NC(CCCCC#N)C(=O)ON1C(=O)c2ccccc2C1=O. The lowest BCUT2D eigenvalue weighted by Crippen LogP contribution is -2.47. The summed E-state index contributed by atoms with van der Waals surface area (Å²) in [5.41, 5.74) is -0.506. The van der Waals surface area contributed by atoms with Crippen LogP contribution in [0.5, 0.6) is 0 Å². The molecule has 1 N–H and O–H groups in total. The summed E-state index contributed by atoms with van der Waals surface area (Å²) in [5.74, 6) is -2.47. The van der Waals surface area contributed by atoms with Gasteiger partial charge in [-0.15, -0.1) is 0 Å². The molecular formula is C20H23N3O6. The minimum atomic E-state index is -1.15. The van der Waals surface area contributed by atoms with Crippen LogP contribution in [0, 0.1) is 11.3 Å². The van der Waals surface area contributed by atoms with E-state index in [9.17, 15) is 19.2 Å². The molecular weight excluding hydrogens is 378 g/mol. The molecule has 1 aromatic carbocycles. The summed E-state index contributed by atoms with van der Waals surface area (Å²) in [6, 6.07) is 6.96. The van der Waals surface area contributed by atoms with Crippen molar-refractivity contribution in [3.05, 3.63) is 35.4 Å². The molecule has 2 rings (SSSR count). The first-order chi connectivity index (χ1) is 13.6. The minimum absolute atomic E-state index is 0.135. The van der Waals surface area contributed by atoms with E-state index >= 15 is 0 Å². The van der Waals surface area contributed by atoms with E-state index in [-0.39, 0.29) is 17.5 Å². The van der Waals surface area contributed by atoms with E-state index in [1.807, 2.05) is 6.07 Å². The molecule has 9 nitrogen and oxygen atoms in total. The lowest BCUT2D eigenvalue weighted by atomic mass is 10.1. The number of unbranched alkanes of at least 4 members (excludes halogenated alkanes) is 2. The molecule has 1 aliphatic heterocycles. The van der Waals surface area contributed by atoms with Crippen LogP contribution in [0.15, 0.2) is 24.3 Å². The quantitative estimate of drug-likeness (QED) is 0.550. The fourth-order valence-electron chi connectivity index (χ4n) is 2.65. The van der Waals surface area contributed by atoms with Crippen molar-refractivity contribution in [2.75, 3.05) is 0 Å². The first kappa shape index (κ1) is 21.9. The van der Waals surface area contributed by atoms with Crippen molar-refractivity contribution in [2.24, 2.45) is 0 Å². The fraction of sp³-hybridized carbons (Fsp3) is 0.450. The Morgan fingerprint density at radius 3 is 2.24 bits per heavy atom. The Kier molecular flexibility index (Phi) is 6.93. The van der Waals surface area contributed by atoms with Crippen molar-refractivity contribution >= 4 is 23.9 Å². The van der Waals surface area contributed by atoms with Gasteiger partial charge in [0.15, 0.2) is 0 Å². The fourth-order valence-corrected chi connectivity index (χ4v) is 2.65. The van der Waals surface area contributed by atoms with Crippen LogP contribution in [0.25, 0.3) is 0 Å². The number of carbonyl (C=O) groups excluding carboxylic acids is 4. The van der Waals surface area contributed by atoms with E-state index in [1.54, 1.807) is 32.9 Å². The molecule has 0 saturated carbocycles. The maximum Gasteiger partial charge on any atom is 0.408 e. The molecule has 154 valence electrons. The number of rotatable bonds is 7. The number of nitrogens with zero attached hydrogens (tertiary/aromatic N) is 2. The highest BCUT2D eigenvalue weighted by molar-refractivity contribution is 6.20. The van der Waals surface area contributed by atoms with Gasteiger partial charge in [-0.2, -0.15) is 5.26 Å². The molecule has 29 heavy (non-hydrogen) atoms. The average Bonchev–Trinajstić information content (AvgIpc) is 2.88. The molecule has 3 amide bonds. The smallest absolute Gasteiger partial charge is 0.408 e. The van der Waals surface area contributed by atoms with Crippen molar-refractivity contribution < 1.29 is 28.8 Å². The summed E-state index contributed by atoms with van der Waals surface area (Å²) in [6.45, 7) is 5.02. The number of hydrogen-bond acceptors (Lipinski definition) is 7. The third kappa shape index (κ3) is 5.78. The van der Waals surface area contributed by atoms with Crippen molar-refractivity contribution in [3.63, 3.8) is 0 Å². The van der Waals surface area contributed by atoms with Gasteiger partial charge < -0.3 is 14.9 Å². The Hall–Kier alpha value is -3.41. The minimum Gasteiger partial charge on any atom is -0.444 e. The highest BCUT2D eigenvalue weighted by Gasteiger charge is 2.40. The van der Waals surface area contributed by atoms with E-state index in [0.29, 0.717) is 24.3 Å². The summed E-state index contributed by atoms with van der Waals surface area (Å²) in [7, 11) is 0. The van der Waals surface area contributed by atoms with Gasteiger partial charge in [0.1, 0.15) is 11.6 Å². The second-order valence-electron chi connectivity index (χ2n) is 7.46. The predicted molar refractivity (Wildman–Crippen MR) is 100 cm³/mol. The lowest BCUT2D eigenvalue weighted by molar-refractivity contribution is -0.171. The third-order valence-electron chi connectivity index (χ3n) is 3.94. The number of ether oxygens (including phenoxy) is 1. The Bertz CT molecular complexity index is 818. The van der Waals surface area contributed by atoms with Gasteiger partial charge in [-0.3, -0.25) is 9.59 Å². The van der Waals surface area contributed by atoms with Crippen LogP contribution < -0.4 is 5.32 Å². The number of nitrogens with one attached hydrogen (secondary N) is 1. The van der Waals surface area contributed by atoms with Gasteiger partial charge in [-0.05, 0) is 52.2 Å². The number of fused-ring (bicyclic) bond motifs is 1. The summed E-state index contributed by atoms with van der Waals surface area (Å²) >= 11 is 0. The number of imide groups is 1. The molecule has 1 unspecified atom stereocenters. The van der Waals surface area contributed by atoms with Crippen molar-refractivity contribution in [1.82, 2.24) is 10.4 Å². The van der Waals surface area contributed by atoms with Crippen LogP contribution in [-0.2, 0) is 14.4 Å². The molecule has 1 aliphatic rings. The van der Waals surface area contributed by atoms with Gasteiger partial charge in [0.25, 0.3) is 11.8 Å². The lowest BCUT2D eigenvalue weighted by Gasteiger charge is -2.23. The largest absolute Gasteiger partial charge is 0.444 e. The second-order valence-corrected chi connectivity index (χ2v) is 7.46. The second kappa shape index (κ2) is 9.19. The van der Waals surface area contributed by atoms with Crippen LogP contribution >= 0.6 is 0 Å². The number of alkyl carbamates (subject to hydrolysis) is 1. The van der Waals surface area contributed by atoms with Gasteiger partial charge in [0.2, 0.25) is 0 Å². The molecule has 0 fully saturated rings. The molecule has 0 spiro atoms. The summed E-state index contributed by atoms with van der Waals surface area (Å²) < 4.78 is 5.15. The highest BCUT2D eigenvalue weighted by Crippen LogP contribution is 2.23. The molecule has 0 aromatic heterocycles. The van der Waals surface area contributed by atoms with Gasteiger partial charge in [0.05, 0.1) is 17.2 Å². The zero-order valence-electron chi connectivity index (χ0n) is 16.6. The predicted octanol–water partition coefficient (Wildman–Crippen LogP) is 2.72. The Labute approximate surface area is 168 Å². The van der Waals surface area contributed by atoms with E-state index < -0.39 is 35.5 Å². The standard InChI is InChI=1S/C20H23N3O6/c1-20(2,3)28-19(27)22-15(11-5-4-8-12-21)18(26)29-23-16(24)13-9-6-7-10-14(13)17(23)25/h6-7,9-10,15H,4-5,8,11H2,1-3H3,(H,22,27). The van der Waals surface area contributed by atoms with Crippen LogP contribution in [-0.4, -0.2) is 40.6 Å². The molecule has 0 bridgehead atoms. The van der Waals surface area contributed by atoms with E-state index in [0.717, 1.165) is 0 Å². The first-order valence-electron chi connectivity index (χ1n) is 9.20. The van der Waals surface area contributed by atoms with Crippen LogP contribution in [0.4, 0.5) is 4.79 Å². The number of hydroxylamine groups is 2. The number of hydrogen-bond donors (Lipinski definition) is 1. The van der Waals surface area contributed by atoms with Gasteiger partial charge >= 0.3 is 12.1 Å². The number of carbonyl (C=O) groups is 4. The summed E-state index contributed by atoms with van der Waals surface area (Å²) in [4.78, 5) is 54.4. The Balaban J connectivity index is 2.08. The molecule has 0 aliphatic carbocycles. The molecule has 9 heteroatoms. The van der Waals surface area contributed by atoms with Crippen LogP contribution in [0.2, 0.25) is 0 Å². The molecule has 1 atom stereocenters. The highest BCUT2D eigenvalue weighted by atomic mass is 16.7. The van der Waals surface area contributed by atoms with E-state index in [1.165, 1.54) is 12.1 Å². The van der Waals surface area contributed by atoms with Gasteiger partial charge in [-0.25, -0.2) is 9.59 Å².